The van der Waals surface area contributed by atoms with Crippen molar-refractivity contribution in [2.24, 2.45) is 0 Å². The minimum Gasteiger partial charge on any atom is -0.325 e. The Morgan fingerprint density at radius 2 is 1.90 bits per heavy atom. The lowest BCUT2D eigenvalue weighted by molar-refractivity contribution is -0.117. The van der Waals surface area contributed by atoms with E-state index in [0.717, 1.165) is 32.7 Å². The standard InChI is InChI=1S/C20H22BrN3O4S/c1-14-12-17(9-10-18(14)21)24(29(2,27)28)13-19(25)22-15-5-7-16(8-6-15)23-11-3-4-20(23)26/h5-10,12H,3-4,11,13H2,1-2H3,(H,22,25). The van der Waals surface area contributed by atoms with Crippen LogP contribution in [-0.4, -0.2) is 39.6 Å². The molecular formula is C20H22BrN3O4S. The number of hydrogen-bond acceptors (Lipinski definition) is 4. The first kappa shape index (κ1) is 21.3. The summed E-state index contributed by atoms with van der Waals surface area (Å²) in [5, 5.41) is 2.71. The SMILES string of the molecule is Cc1cc(N(CC(=O)Nc2ccc(N3CCCC3=O)cc2)S(C)(=O)=O)ccc1Br. The zero-order chi connectivity index (χ0) is 21.2. The van der Waals surface area contributed by atoms with Crippen LogP contribution < -0.4 is 14.5 Å². The van der Waals surface area contributed by atoms with Gasteiger partial charge in [-0.25, -0.2) is 8.42 Å². The van der Waals surface area contributed by atoms with Gasteiger partial charge >= 0.3 is 0 Å². The summed E-state index contributed by atoms with van der Waals surface area (Å²) in [5.74, 6) is -0.364. The number of hydrogen-bond donors (Lipinski definition) is 1. The van der Waals surface area contributed by atoms with Gasteiger partial charge in [-0.3, -0.25) is 13.9 Å². The number of carbonyl (C=O) groups is 2. The fourth-order valence-corrected chi connectivity index (χ4v) is 4.26. The van der Waals surface area contributed by atoms with Crippen molar-refractivity contribution in [3.8, 4) is 0 Å². The summed E-state index contributed by atoms with van der Waals surface area (Å²) in [6, 6.07) is 12.0. The van der Waals surface area contributed by atoms with E-state index in [1.54, 1.807) is 47.4 Å². The maximum Gasteiger partial charge on any atom is 0.245 e. The van der Waals surface area contributed by atoms with E-state index in [1.165, 1.54) is 0 Å². The van der Waals surface area contributed by atoms with Gasteiger partial charge in [-0.2, -0.15) is 0 Å². The van der Waals surface area contributed by atoms with E-state index in [0.29, 0.717) is 24.3 Å². The maximum absolute atomic E-state index is 12.5. The second-order valence-electron chi connectivity index (χ2n) is 6.95. The molecule has 0 spiro atoms. The first-order valence-corrected chi connectivity index (χ1v) is 11.7. The van der Waals surface area contributed by atoms with Crippen LogP contribution >= 0.6 is 15.9 Å². The Morgan fingerprint density at radius 1 is 1.21 bits per heavy atom. The normalized spacial score (nSPS) is 14.2. The van der Waals surface area contributed by atoms with Gasteiger partial charge in [0.05, 0.1) is 11.9 Å². The van der Waals surface area contributed by atoms with Crippen molar-refractivity contribution in [1.82, 2.24) is 0 Å². The lowest BCUT2D eigenvalue weighted by atomic mass is 10.2. The van der Waals surface area contributed by atoms with Gasteiger partial charge in [0, 0.05) is 28.8 Å². The molecular weight excluding hydrogens is 458 g/mol. The zero-order valence-electron chi connectivity index (χ0n) is 16.2. The molecule has 0 saturated carbocycles. The largest absolute Gasteiger partial charge is 0.325 e. The smallest absolute Gasteiger partial charge is 0.245 e. The molecule has 2 aromatic carbocycles. The zero-order valence-corrected chi connectivity index (χ0v) is 18.6. The number of carbonyl (C=O) groups excluding carboxylic acids is 2. The van der Waals surface area contributed by atoms with Gasteiger partial charge in [-0.05, 0) is 61.4 Å². The van der Waals surface area contributed by atoms with Crippen LogP contribution in [0.2, 0.25) is 0 Å². The molecule has 2 amide bonds. The molecule has 0 aromatic heterocycles. The molecule has 1 N–H and O–H groups in total. The Labute approximate surface area is 178 Å². The van der Waals surface area contributed by atoms with Gasteiger partial charge in [0.25, 0.3) is 0 Å². The van der Waals surface area contributed by atoms with Gasteiger partial charge in [-0.15, -0.1) is 0 Å². The van der Waals surface area contributed by atoms with Crippen molar-refractivity contribution in [2.75, 3.05) is 33.9 Å². The van der Waals surface area contributed by atoms with Crippen LogP contribution in [0.15, 0.2) is 46.9 Å². The first-order valence-electron chi connectivity index (χ1n) is 9.09. The van der Waals surface area contributed by atoms with Crippen LogP contribution in [0.5, 0.6) is 0 Å². The van der Waals surface area contributed by atoms with Crippen molar-refractivity contribution in [3.63, 3.8) is 0 Å². The number of aryl methyl sites for hydroxylation is 1. The number of nitrogens with zero attached hydrogens (tertiary/aromatic N) is 2. The molecule has 1 aliphatic heterocycles. The second kappa shape index (κ2) is 8.54. The van der Waals surface area contributed by atoms with Crippen LogP contribution in [0, 0.1) is 6.92 Å². The molecule has 0 atom stereocenters. The highest BCUT2D eigenvalue weighted by atomic mass is 79.9. The molecule has 0 aliphatic carbocycles. The van der Waals surface area contributed by atoms with E-state index in [2.05, 4.69) is 21.2 Å². The molecule has 29 heavy (non-hydrogen) atoms. The monoisotopic (exact) mass is 479 g/mol. The Hall–Kier alpha value is -2.39. The Morgan fingerprint density at radius 3 is 2.45 bits per heavy atom. The van der Waals surface area contributed by atoms with Crippen LogP contribution in [0.3, 0.4) is 0 Å². The summed E-state index contributed by atoms with van der Waals surface area (Å²) in [6.07, 6.45) is 2.46. The molecule has 0 unspecified atom stereocenters. The minimum atomic E-state index is -3.65. The lowest BCUT2D eigenvalue weighted by Gasteiger charge is -2.22. The highest BCUT2D eigenvalue weighted by Gasteiger charge is 2.23. The number of anilines is 3. The Bertz CT molecular complexity index is 1040. The highest BCUT2D eigenvalue weighted by Crippen LogP contribution is 2.25. The summed E-state index contributed by atoms with van der Waals surface area (Å²) >= 11 is 3.39. The molecule has 1 aliphatic rings. The lowest BCUT2D eigenvalue weighted by Crippen LogP contribution is -2.37. The molecule has 1 saturated heterocycles. The van der Waals surface area contributed by atoms with Gasteiger partial charge in [0.15, 0.2) is 0 Å². The topological polar surface area (TPSA) is 86.8 Å². The predicted octanol–water partition coefficient (Wildman–Crippen LogP) is 3.29. The van der Waals surface area contributed by atoms with Crippen LogP contribution in [0.4, 0.5) is 17.1 Å². The number of halogens is 1. The van der Waals surface area contributed by atoms with E-state index >= 15 is 0 Å². The third-order valence-corrected chi connectivity index (χ3v) is 6.68. The minimum absolute atomic E-state index is 0.0929. The number of benzene rings is 2. The van der Waals surface area contributed by atoms with Crippen LogP contribution in [0.25, 0.3) is 0 Å². The van der Waals surface area contributed by atoms with Crippen molar-refractivity contribution in [2.45, 2.75) is 19.8 Å². The average molecular weight is 480 g/mol. The molecule has 0 bridgehead atoms. The van der Waals surface area contributed by atoms with Crippen molar-refractivity contribution in [1.29, 1.82) is 0 Å². The van der Waals surface area contributed by atoms with Crippen molar-refractivity contribution >= 4 is 54.8 Å². The Balaban J connectivity index is 1.72. The number of sulfonamides is 1. The Kier molecular flexibility index (Phi) is 6.28. The third-order valence-electron chi connectivity index (χ3n) is 4.65. The van der Waals surface area contributed by atoms with Crippen molar-refractivity contribution in [3.05, 3.63) is 52.5 Å². The first-order chi connectivity index (χ1) is 13.6. The fourth-order valence-electron chi connectivity index (χ4n) is 3.16. The van der Waals surface area contributed by atoms with Gasteiger partial charge < -0.3 is 10.2 Å². The van der Waals surface area contributed by atoms with E-state index in [1.807, 2.05) is 6.92 Å². The summed E-state index contributed by atoms with van der Waals surface area (Å²) in [5.41, 5.74) is 2.61. The molecule has 1 heterocycles. The summed E-state index contributed by atoms with van der Waals surface area (Å²) < 4.78 is 26.4. The van der Waals surface area contributed by atoms with Crippen LogP contribution in [-0.2, 0) is 19.6 Å². The van der Waals surface area contributed by atoms with E-state index < -0.39 is 15.9 Å². The number of nitrogens with one attached hydrogen (secondary N) is 1. The van der Waals surface area contributed by atoms with Crippen molar-refractivity contribution < 1.29 is 18.0 Å². The number of amides is 2. The fraction of sp³-hybridized carbons (Fsp3) is 0.300. The van der Waals surface area contributed by atoms with E-state index in [9.17, 15) is 18.0 Å². The third kappa shape index (κ3) is 5.16. The number of rotatable bonds is 6. The second-order valence-corrected chi connectivity index (χ2v) is 9.71. The molecule has 7 nitrogen and oxygen atoms in total. The predicted molar refractivity (Wildman–Crippen MR) is 118 cm³/mol. The maximum atomic E-state index is 12.5. The van der Waals surface area contributed by atoms with Gasteiger partial charge in [0.1, 0.15) is 6.54 Å². The quantitative estimate of drug-likeness (QED) is 0.688. The van der Waals surface area contributed by atoms with Crippen LogP contribution in [0.1, 0.15) is 18.4 Å². The molecule has 0 radical (unpaired) electrons. The highest BCUT2D eigenvalue weighted by molar-refractivity contribution is 9.10. The molecule has 1 fully saturated rings. The molecule has 2 aromatic rings. The van der Waals surface area contributed by atoms with Gasteiger partial charge in [0.2, 0.25) is 21.8 Å². The summed E-state index contributed by atoms with van der Waals surface area (Å²) in [4.78, 5) is 26.0. The molecule has 154 valence electrons. The summed E-state index contributed by atoms with van der Waals surface area (Å²) in [7, 11) is -3.65. The summed E-state index contributed by atoms with van der Waals surface area (Å²) in [6.45, 7) is 2.20. The van der Waals surface area contributed by atoms with Gasteiger partial charge in [-0.1, -0.05) is 15.9 Å². The molecule has 3 rings (SSSR count). The molecule has 9 heteroatoms. The average Bonchev–Trinajstić information content (AvgIpc) is 3.08. The van der Waals surface area contributed by atoms with E-state index in [-0.39, 0.29) is 12.5 Å². The van der Waals surface area contributed by atoms with E-state index in [4.69, 9.17) is 0 Å².